The Labute approximate surface area is 195 Å². The first-order valence-electron chi connectivity index (χ1n) is 10.9. The summed E-state index contributed by atoms with van der Waals surface area (Å²) in [6.45, 7) is 7.27. The summed E-state index contributed by atoms with van der Waals surface area (Å²) >= 11 is 0. The van der Waals surface area contributed by atoms with Crippen LogP contribution in [0.2, 0.25) is 0 Å². The molecule has 0 bridgehead atoms. The maximum absolute atomic E-state index is 14.0. The summed E-state index contributed by atoms with van der Waals surface area (Å²) in [6, 6.07) is 3.51. The fraction of sp³-hybridized carbons (Fsp3) is 0.478. The van der Waals surface area contributed by atoms with E-state index in [1.165, 1.54) is 17.0 Å². The van der Waals surface area contributed by atoms with Gasteiger partial charge in [-0.15, -0.1) is 0 Å². The van der Waals surface area contributed by atoms with E-state index in [1.54, 1.807) is 27.7 Å². The van der Waals surface area contributed by atoms with Crippen LogP contribution in [0.1, 0.15) is 44.6 Å². The van der Waals surface area contributed by atoms with E-state index in [4.69, 9.17) is 14.0 Å². The number of aromatic nitrogens is 1. The van der Waals surface area contributed by atoms with Gasteiger partial charge in [0.25, 0.3) is 5.91 Å². The number of hydrogen-bond acceptors (Lipinski definition) is 7. The minimum absolute atomic E-state index is 0.00352. The number of carbonyl (C=O) groups excluding carboxylic acids is 3. The fourth-order valence-corrected chi connectivity index (χ4v) is 3.55. The molecule has 184 valence electrons. The van der Waals surface area contributed by atoms with Gasteiger partial charge < -0.3 is 24.2 Å². The molecule has 1 saturated heterocycles. The maximum atomic E-state index is 14.0. The second-order valence-corrected chi connectivity index (χ2v) is 8.85. The summed E-state index contributed by atoms with van der Waals surface area (Å²) in [6.07, 6.45) is -0.291. The minimum atomic E-state index is -0.861. The van der Waals surface area contributed by atoms with E-state index < -0.39 is 47.2 Å². The highest BCUT2D eigenvalue weighted by Gasteiger charge is 2.39. The van der Waals surface area contributed by atoms with E-state index in [2.05, 4.69) is 10.5 Å². The molecule has 2 heterocycles. The molecule has 9 nitrogen and oxygen atoms in total. The van der Waals surface area contributed by atoms with Gasteiger partial charge in [-0.3, -0.25) is 9.59 Å². The van der Waals surface area contributed by atoms with Crippen LogP contribution in [-0.4, -0.2) is 59.4 Å². The third-order valence-electron chi connectivity index (χ3n) is 5.11. The van der Waals surface area contributed by atoms with Crippen molar-refractivity contribution in [2.24, 2.45) is 5.92 Å². The molecule has 1 aliphatic rings. The average Bonchev–Trinajstić information content (AvgIpc) is 3.23. The van der Waals surface area contributed by atoms with Gasteiger partial charge in [0.05, 0.1) is 18.1 Å². The van der Waals surface area contributed by atoms with Crippen molar-refractivity contribution in [1.82, 2.24) is 15.4 Å². The first-order chi connectivity index (χ1) is 16.0. The van der Waals surface area contributed by atoms with E-state index in [9.17, 15) is 23.2 Å². The molecular weight excluding hydrogens is 452 g/mol. The van der Waals surface area contributed by atoms with Gasteiger partial charge in [0.1, 0.15) is 17.2 Å². The van der Waals surface area contributed by atoms with Crippen LogP contribution in [-0.2, 0) is 14.3 Å². The molecule has 1 N–H and O–H groups in total. The van der Waals surface area contributed by atoms with Crippen LogP contribution in [0.3, 0.4) is 0 Å². The molecule has 0 aliphatic carbocycles. The summed E-state index contributed by atoms with van der Waals surface area (Å²) in [4.78, 5) is 39.2. The van der Waals surface area contributed by atoms with Crippen LogP contribution in [0.25, 0.3) is 11.3 Å². The molecule has 1 aromatic heterocycles. The third kappa shape index (κ3) is 6.09. The van der Waals surface area contributed by atoms with Crippen molar-refractivity contribution in [2.75, 3.05) is 19.7 Å². The average molecular weight is 479 g/mol. The van der Waals surface area contributed by atoms with Crippen LogP contribution < -0.4 is 5.32 Å². The van der Waals surface area contributed by atoms with E-state index in [0.717, 1.165) is 6.07 Å². The molecular formula is C23H27F2N3O6. The van der Waals surface area contributed by atoms with Crippen LogP contribution in [0.5, 0.6) is 0 Å². The second-order valence-electron chi connectivity index (χ2n) is 8.85. The van der Waals surface area contributed by atoms with Crippen LogP contribution in [0.4, 0.5) is 13.6 Å². The lowest BCUT2D eigenvalue weighted by Crippen LogP contribution is -2.55. The summed E-state index contributed by atoms with van der Waals surface area (Å²) in [5.74, 6) is -3.70. The Kier molecular flexibility index (Phi) is 7.53. The van der Waals surface area contributed by atoms with Crippen LogP contribution in [0, 0.1) is 17.6 Å². The normalized spacial score (nSPS) is 18.4. The smallest absolute Gasteiger partial charge is 0.410 e. The van der Waals surface area contributed by atoms with Gasteiger partial charge in [0, 0.05) is 31.3 Å². The van der Waals surface area contributed by atoms with E-state index in [-0.39, 0.29) is 43.1 Å². The van der Waals surface area contributed by atoms with Crippen molar-refractivity contribution in [1.29, 1.82) is 0 Å². The number of hydrogen-bond donors (Lipinski definition) is 1. The predicted octanol–water partition coefficient (Wildman–Crippen LogP) is 3.54. The highest BCUT2D eigenvalue weighted by atomic mass is 19.1. The number of amides is 2. The number of likely N-dealkylation sites (tertiary alicyclic amines) is 1. The monoisotopic (exact) mass is 479 g/mol. The van der Waals surface area contributed by atoms with E-state index in [0.29, 0.717) is 6.07 Å². The SMILES string of the molecule is CCOC(=O)[C@@H]1CN(C(=O)OC(C)(C)C)CC[C@@H]1NC(=O)c1cc(-c2ccc(F)cc2F)on1. The zero-order valence-electron chi connectivity index (χ0n) is 19.4. The number of nitrogens with zero attached hydrogens (tertiary/aromatic N) is 2. The van der Waals surface area contributed by atoms with Gasteiger partial charge in [0.2, 0.25) is 0 Å². The third-order valence-corrected chi connectivity index (χ3v) is 5.11. The Morgan fingerprint density at radius 2 is 1.97 bits per heavy atom. The van der Waals surface area contributed by atoms with E-state index in [1.807, 2.05) is 0 Å². The Bertz CT molecular complexity index is 1070. The topological polar surface area (TPSA) is 111 Å². The Balaban J connectivity index is 1.73. The number of carbonyl (C=O) groups is 3. The Morgan fingerprint density at radius 1 is 1.24 bits per heavy atom. The molecule has 0 spiro atoms. The number of ether oxygens (including phenoxy) is 2. The summed E-state index contributed by atoms with van der Waals surface area (Å²) in [5, 5.41) is 6.39. The first-order valence-corrected chi connectivity index (χ1v) is 10.9. The maximum Gasteiger partial charge on any atom is 0.410 e. The molecule has 2 atom stereocenters. The van der Waals surface area contributed by atoms with Gasteiger partial charge in [0.15, 0.2) is 11.5 Å². The van der Waals surface area contributed by atoms with Gasteiger partial charge in [-0.25, -0.2) is 13.6 Å². The lowest BCUT2D eigenvalue weighted by Gasteiger charge is -2.37. The number of rotatable bonds is 5. The zero-order chi connectivity index (χ0) is 25.0. The lowest BCUT2D eigenvalue weighted by molar-refractivity contribution is -0.150. The van der Waals surface area contributed by atoms with Gasteiger partial charge in [-0.1, -0.05) is 5.16 Å². The highest BCUT2D eigenvalue weighted by Crippen LogP contribution is 2.25. The Hall–Kier alpha value is -3.50. The molecule has 0 saturated carbocycles. The highest BCUT2D eigenvalue weighted by molar-refractivity contribution is 5.93. The molecule has 1 aliphatic heterocycles. The van der Waals surface area contributed by atoms with Crippen molar-refractivity contribution in [3.8, 4) is 11.3 Å². The second kappa shape index (κ2) is 10.2. The summed E-state index contributed by atoms with van der Waals surface area (Å²) in [5.41, 5.74) is -0.894. The minimum Gasteiger partial charge on any atom is -0.466 e. The summed E-state index contributed by atoms with van der Waals surface area (Å²) in [7, 11) is 0. The zero-order valence-corrected chi connectivity index (χ0v) is 19.4. The van der Waals surface area contributed by atoms with Crippen molar-refractivity contribution in [2.45, 2.75) is 45.8 Å². The summed E-state index contributed by atoms with van der Waals surface area (Å²) < 4.78 is 42.7. The molecule has 2 amide bonds. The van der Waals surface area contributed by atoms with Crippen molar-refractivity contribution < 1.29 is 37.2 Å². The van der Waals surface area contributed by atoms with E-state index >= 15 is 0 Å². The van der Waals surface area contributed by atoms with Crippen molar-refractivity contribution >= 4 is 18.0 Å². The number of halogens is 2. The quantitative estimate of drug-likeness (QED) is 0.653. The lowest BCUT2D eigenvalue weighted by atomic mass is 9.92. The molecule has 0 radical (unpaired) electrons. The number of piperidine rings is 1. The molecule has 1 aromatic carbocycles. The van der Waals surface area contributed by atoms with Crippen LogP contribution >= 0.6 is 0 Å². The van der Waals surface area contributed by atoms with Crippen molar-refractivity contribution in [3.63, 3.8) is 0 Å². The first kappa shape index (κ1) is 25.1. The molecule has 0 unspecified atom stereocenters. The fourth-order valence-electron chi connectivity index (χ4n) is 3.55. The molecule has 34 heavy (non-hydrogen) atoms. The molecule has 3 rings (SSSR count). The van der Waals surface area contributed by atoms with Crippen molar-refractivity contribution in [3.05, 3.63) is 41.6 Å². The predicted molar refractivity (Wildman–Crippen MR) is 116 cm³/mol. The van der Waals surface area contributed by atoms with Gasteiger partial charge in [-0.05, 0) is 46.2 Å². The van der Waals surface area contributed by atoms with Gasteiger partial charge in [-0.2, -0.15) is 0 Å². The standard InChI is InChI=1S/C23H27F2N3O6/c1-5-32-21(30)15-12-28(22(31)33-23(2,3)4)9-8-17(15)26-20(29)18-11-19(34-27-18)14-7-6-13(24)10-16(14)25/h6-7,10-11,15,17H,5,8-9,12H2,1-4H3,(H,26,29)/t15-,17+/m1/s1. The number of benzene rings is 1. The molecule has 2 aromatic rings. The molecule has 11 heteroatoms. The Morgan fingerprint density at radius 3 is 2.62 bits per heavy atom. The number of esters is 1. The molecule has 1 fully saturated rings. The number of nitrogens with one attached hydrogen (secondary N) is 1. The largest absolute Gasteiger partial charge is 0.466 e. The van der Waals surface area contributed by atoms with Gasteiger partial charge >= 0.3 is 12.1 Å². The van der Waals surface area contributed by atoms with Crippen LogP contribution in [0.15, 0.2) is 28.8 Å².